The summed E-state index contributed by atoms with van der Waals surface area (Å²) in [4.78, 5) is 8.26. The van der Waals surface area contributed by atoms with E-state index in [4.69, 9.17) is 45.8 Å². The van der Waals surface area contributed by atoms with Gasteiger partial charge in [-0.15, -0.1) is 0 Å². The molecule has 0 amide bonds. The number of nitrogens with zero attached hydrogens (tertiary/aromatic N) is 2. The van der Waals surface area contributed by atoms with E-state index in [0.29, 0.717) is 49.2 Å². The van der Waals surface area contributed by atoms with Gasteiger partial charge in [-0.2, -0.15) is 0 Å². The van der Waals surface area contributed by atoms with Crippen molar-refractivity contribution in [3.8, 4) is 33.9 Å². The van der Waals surface area contributed by atoms with Crippen LogP contribution in [-0.2, 0) is 18.9 Å². The zero-order chi connectivity index (χ0) is 24.2. The smallest absolute Gasteiger partial charge is 0.221 e. The molecule has 3 rings (SSSR count). The molecule has 0 aliphatic heterocycles. The molecule has 10 heteroatoms. The Hall–Kier alpha value is -2.95. The van der Waals surface area contributed by atoms with E-state index in [1.165, 1.54) is 0 Å². The van der Waals surface area contributed by atoms with Crippen molar-refractivity contribution < 1.29 is 28.4 Å². The molecular weight excluding hydrogens is 462 g/mol. The third-order valence-electron chi connectivity index (χ3n) is 4.63. The lowest BCUT2D eigenvalue weighted by Crippen LogP contribution is -2.08. The average Bonchev–Trinajstić information content (AvgIpc) is 2.84. The van der Waals surface area contributed by atoms with Gasteiger partial charge in [0.1, 0.15) is 16.7 Å². The number of hydrogen-bond donors (Lipinski definition) is 1. The molecule has 1 heterocycles. The van der Waals surface area contributed by atoms with Crippen LogP contribution in [0.15, 0.2) is 48.5 Å². The predicted octanol–water partition coefficient (Wildman–Crippen LogP) is 4.04. The molecule has 9 nitrogen and oxygen atoms in total. The van der Waals surface area contributed by atoms with Gasteiger partial charge in [0.25, 0.3) is 0 Å². The van der Waals surface area contributed by atoms with Crippen LogP contribution in [0.4, 0.5) is 5.95 Å². The van der Waals surface area contributed by atoms with Crippen LogP contribution in [0.25, 0.3) is 22.4 Å². The van der Waals surface area contributed by atoms with Crippen molar-refractivity contribution >= 4 is 17.5 Å². The third kappa shape index (κ3) is 7.82. The topological polar surface area (TPSA) is 107 Å². The number of rotatable bonds is 14. The van der Waals surface area contributed by atoms with E-state index >= 15 is 0 Å². The first-order chi connectivity index (χ1) is 16.6. The van der Waals surface area contributed by atoms with Crippen LogP contribution in [0, 0.1) is 0 Å². The van der Waals surface area contributed by atoms with Gasteiger partial charge < -0.3 is 34.2 Å². The normalized spacial score (nSPS) is 10.9. The Morgan fingerprint density at radius 1 is 0.765 bits per heavy atom. The molecule has 3 aromatic rings. The van der Waals surface area contributed by atoms with E-state index < -0.39 is 0 Å². The maximum absolute atomic E-state index is 6.12. The zero-order valence-electron chi connectivity index (χ0n) is 19.2. The third-order valence-corrected chi connectivity index (χ3v) is 4.82. The minimum atomic E-state index is 0.0580. The Kier molecular flexibility index (Phi) is 10.3. The fraction of sp³-hybridized carbons (Fsp3) is 0.333. The Balaban J connectivity index is 1.79. The first-order valence-corrected chi connectivity index (χ1v) is 10.9. The number of ether oxygens (including phenoxy) is 6. The number of halogens is 1. The summed E-state index contributed by atoms with van der Waals surface area (Å²) in [5, 5.41) is 0.240. The Bertz CT molecular complexity index is 1020. The second-order valence-corrected chi connectivity index (χ2v) is 7.38. The van der Waals surface area contributed by atoms with Crippen molar-refractivity contribution in [2.24, 2.45) is 0 Å². The van der Waals surface area contributed by atoms with E-state index in [0.717, 1.165) is 11.1 Å². The summed E-state index contributed by atoms with van der Waals surface area (Å²) in [6.45, 7) is 2.10. The second kappa shape index (κ2) is 13.7. The number of methoxy groups -OCH3 is 2. The van der Waals surface area contributed by atoms with Gasteiger partial charge in [-0.1, -0.05) is 29.8 Å². The number of anilines is 1. The minimum Gasteiger partial charge on any atom is -0.468 e. The molecule has 0 unspecified atom stereocenters. The second-order valence-electron chi connectivity index (χ2n) is 7.00. The lowest BCUT2D eigenvalue weighted by molar-refractivity contribution is -0.00851. The average molecular weight is 490 g/mol. The summed E-state index contributed by atoms with van der Waals surface area (Å²) in [5.41, 5.74) is 8.98. The van der Waals surface area contributed by atoms with Crippen molar-refractivity contribution in [2.45, 2.75) is 0 Å². The highest BCUT2D eigenvalue weighted by Crippen LogP contribution is 2.35. The van der Waals surface area contributed by atoms with Crippen LogP contribution in [0.5, 0.6) is 11.5 Å². The van der Waals surface area contributed by atoms with E-state index in [2.05, 4.69) is 9.97 Å². The van der Waals surface area contributed by atoms with Crippen LogP contribution in [-0.4, -0.2) is 64.2 Å². The first kappa shape index (κ1) is 25.7. The monoisotopic (exact) mass is 489 g/mol. The van der Waals surface area contributed by atoms with Crippen molar-refractivity contribution in [3.63, 3.8) is 0 Å². The molecule has 0 bridgehead atoms. The lowest BCUT2D eigenvalue weighted by atomic mass is 10.0. The van der Waals surface area contributed by atoms with Gasteiger partial charge in [-0.25, -0.2) is 9.97 Å². The summed E-state index contributed by atoms with van der Waals surface area (Å²) in [6, 6.07) is 15.1. The fourth-order valence-corrected chi connectivity index (χ4v) is 3.16. The Morgan fingerprint density at radius 3 is 2.06 bits per heavy atom. The number of nitrogens with two attached hydrogens (primary N) is 1. The Labute approximate surface area is 203 Å². The highest BCUT2D eigenvalue weighted by molar-refractivity contribution is 6.29. The summed E-state index contributed by atoms with van der Waals surface area (Å²) in [7, 11) is 3.23. The molecule has 2 N–H and O–H groups in total. The number of benzene rings is 2. The molecule has 0 aliphatic rings. The molecule has 0 radical (unpaired) electrons. The van der Waals surface area contributed by atoms with Crippen LogP contribution in [0.3, 0.4) is 0 Å². The number of nitrogen functional groups attached to an aromatic ring is 1. The van der Waals surface area contributed by atoms with Crippen LogP contribution < -0.4 is 15.2 Å². The van der Waals surface area contributed by atoms with Crippen LogP contribution >= 0.6 is 11.6 Å². The van der Waals surface area contributed by atoms with Crippen molar-refractivity contribution in [1.29, 1.82) is 0 Å². The van der Waals surface area contributed by atoms with E-state index in [1.807, 2.05) is 42.5 Å². The van der Waals surface area contributed by atoms with Gasteiger partial charge in [-0.05, 0) is 35.4 Å². The molecule has 0 aliphatic carbocycles. The van der Waals surface area contributed by atoms with Gasteiger partial charge in [0.15, 0.2) is 13.6 Å². The predicted molar refractivity (Wildman–Crippen MR) is 129 cm³/mol. The largest absolute Gasteiger partial charge is 0.468 e. The molecule has 2 aromatic carbocycles. The highest BCUT2D eigenvalue weighted by atomic mass is 35.5. The van der Waals surface area contributed by atoms with Gasteiger partial charge in [0, 0.05) is 25.8 Å². The van der Waals surface area contributed by atoms with Gasteiger partial charge >= 0.3 is 0 Å². The molecule has 0 atom stereocenters. The Morgan fingerprint density at radius 2 is 1.41 bits per heavy atom. The SMILES string of the molecule is COCCOCOc1ccc(-c2ccc(OCOCCOC)c(-c3cc(Cl)nc(N)n3)c2)cc1. The maximum atomic E-state index is 6.12. The van der Waals surface area contributed by atoms with Crippen molar-refractivity contribution in [1.82, 2.24) is 9.97 Å². The fourth-order valence-electron chi connectivity index (χ4n) is 2.97. The van der Waals surface area contributed by atoms with E-state index in [-0.39, 0.29) is 24.7 Å². The number of hydrogen-bond acceptors (Lipinski definition) is 9. The molecule has 0 spiro atoms. The zero-order valence-corrected chi connectivity index (χ0v) is 19.9. The molecular formula is C24H28ClN3O6. The minimum absolute atomic E-state index is 0.0580. The molecule has 34 heavy (non-hydrogen) atoms. The first-order valence-electron chi connectivity index (χ1n) is 10.5. The molecule has 1 aromatic heterocycles. The molecule has 0 saturated carbocycles. The van der Waals surface area contributed by atoms with Crippen LogP contribution in [0.1, 0.15) is 0 Å². The number of aromatic nitrogens is 2. The van der Waals surface area contributed by atoms with Gasteiger partial charge in [0.2, 0.25) is 5.95 Å². The van der Waals surface area contributed by atoms with Crippen molar-refractivity contribution in [2.75, 3.05) is 60.0 Å². The van der Waals surface area contributed by atoms with Gasteiger partial charge in [0.05, 0.1) is 32.1 Å². The quantitative estimate of drug-likeness (QED) is 0.204. The summed E-state index contributed by atoms with van der Waals surface area (Å²) in [6.07, 6.45) is 0. The van der Waals surface area contributed by atoms with Gasteiger partial charge in [-0.3, -0.25) is 0 Å². The molecule has 0 fully saturated rings. The molecule has 0 saturated heterocycles. The molecule has 182 valence electrons. The van der Waals surface area contributed by atoms with E-state index in [1.54, 1.807) is 20.3 Å². The summed E-state index contributed by atoms with van der Waals surface area (Å²) >= 11 is 6.12. The van der Waals surface area contributed by atoms with Crippen LogP contribution in [0.2, 0.25) is 5.15 Å². The maximum Gasteiger partial charge on any atom is 0.221 e. The summed E-state index contributed by atoms with van der Waals surface area (Å²) < 4.78 is 32.1. The van der Waals surface area contributed by atoms with E-state index in [9.17, 15) is 0 Å². The standard InChI is InChI=1S/C24H28ClN3O6/c1-29-9-11-31-15-33-19-6-3-17(4-7-19)18-5-8-22(34-16-32-12-10-30-2)20(13-18)21-14-23(25)28-24(26)27-21/h3-8,13-14H,9-12,15-16H2,1-2H3,(H2,26,27,28). The summed E-state index contributed by atoms with van der Waals surface area (Å²) in [5.74, 6) is 1.35. The van der Waals surface area contributed by atoms with Crippen molar-refractivity contribution in [3.05, 3.63) is 53.7 Å². The lowest BCUT2D eigenvalue weighted by Gasteiger charge is -2.14. The highest BCUT2D eigenvalue weighted by Gasteiger charge is 2.13.